The second kappa shape index (κ2) is 8.94. The normalized spacial score (nSPS) is 36.4. The lowest BCUT2D eigenvalue weighted by Crippen LogP contribution is -2.32. The Morgan fingerprint density at radius 2 is 2.17 bits per heavy atom. The molecule has 0 aromatic carbocycles. The lowest BCUT2D eigenvalue weighted by molar-refractivity contribution is 0.0670. The van der Waals surface area contributed by atoms with Crippen molar-refractivity contribution in [2.24, 2.45) is 17.3 Å². The molecule has 2 nitrogen and oxygen atoms in total. The van der Waals surface area contributed by atoms with Crippen molar-refractivity contribution in [2.75, 3.05) is 0 Å². The third-order valence-electron chi connectivity index (χ3n) is 7.31. The van der Waals surface area contributed by atoms with E-state index < -0.39 is 17.9 Å². The zero-order valence-corrected chi connectivity index (χ0v) is 18.6. The zero-order valence-electron chi connectivity index (χ0n) is 21.6. The summed E-state index contributed by atoms with van der Waals surface area (Å²) in [6.07, 6.45) is 14.3. The summed E-state index contributed by atoms with van der Waals surface area (Å²) >= 11 is 0. The van der Waals surface area contributed by atoms with Gasteiger partial charge in [0.05, 0.1) is 11.7 Å². The number of allylic oxidation sites excluding steroid dienone is 6. The van der Waals surface area contributed by atoms with Gasteiger partial charge in [-0.2, -0.15) is 0 Å². The molecule has 0 spiro atoms. The summed E-state index contributed by atoms with van der Waals surface area (Å²) in [5.41, 5.74) is 3.10. The number of aliphatic hydroxyl groups excluding tert-OH is 1. The Balaban J connectivity index is 1.85. The highest BCUT2D eigenvalue weighted by Crippen LogP contribution is 2.57. The van der Waals surface area contributed by atoms with Gasteiger partial charge in [-0.25, -0.2) is 0 Å². The summed E-state index contributed by atoms with van der Waals surface area (Å²) < 4.78 is 25.8. The Morgan fingerprint density at radius 3 is 2.90 bits per heavy atom. The summed E-state index contributed by atoms with van der Waals surface area (Å²) in [5.74, 6) is 0.225. The first-order valence-corrected chi connectivity index (χ1v) is 11.5. The fourth-order valence-electron chi connectivity index (χ4n) is 5.59. The highest BCUT2D eigenvalue weighted by atomic mass is 16.3. The van der Waals surface area contributed by atoms with E-state index in [-0.39, 0.29) is 17.9 Å². The van der Waals surface area contributed by atoms with Crippen molar-refractivity contribution in [3.05, 3.63) is 47.1 Å². The largest absolute Gasteiger partial charge is 0.393 e. The van der Waals surface area contributed by atoms with E-state index in [2.05, 4.69) is 31.7 Å². The number of hydrogen-bond acceptors (Lipinski definition) is 2. The Labute approximate surface area is 182 Å². The first-order chi connectivity index (χ1) is 14.8. The fourth-order valence-corrected chi connectivity index (χ4v) is 5.59. The van der Waals surface area contributed by atoms with E-state index in [0.717, 1.165) is 74.5 Å². The molecule has 0 bridgehead atoms. The van der Waals surface area contributed by atoms with Crippen molar-refractivity contribution in [1.82, 2.24) is 0 Å². The van der Waals surface area contributed by atoms with Crippen molar-refractivity contribution in [2.45, 2.75) is 104 Å². The van der Waals surface area contributed by atoms with Crippen LogP contribution in [0.4, 0.5) is 0 Å². The van der Waals surface area contributed by atoms with Gasteiger partial charge in [0, 0.05) is 4.11 Å². The minimum absolute atomic E-state index is 0.0223. The summed E-state index contributed by atoms with van der Waals surface area (Å²) in [6.45, 7) is 7.96. The van der Waals surface area contributed by atoms with Crippen LogP contribution in [0.3, 0.4) is 0 Å². The average molecular weight is 402 g/mol. The SMILES string of the molecule is [2H]C([2H])([2H])[C@]12CCC/C(=C\C=C3\C[C@@H](O)CCC3=C)[C@@H]1CC=C2[C@@H](C)CCCC(C)(C)O. The molecular formula is C27H42O2. The van der Waals surface area contributed by atoms with Crippen LogP contribution in [-0.2, 0) is 0 Å². The molecule has 0 aromatic rings. The standard InChI is InChI=1S/C27H42O2/c1-19-10-13-23(28)18-22(19)12-11-21-9-7-17-27(5)24(14-15-25(21)27)20(2)8-6-16-26(3,4)29/h11-12,14,20,23,25,28-29H,1,6-10,13,15-18H2,2-5H3/b21-11+,22-12-/t20-,23-,25-,27+/m0/s1/i5D3. The Morgan fingerprint density at radius 1 is 1.38 bits per heavy atom. The van der Waals surface area contributed by atoms with E-state index in [1.807, 2.05) is 13.8 Å². The minimum atomic E-state index is -2.04. The molecule has 0 unspecified atom stereocenters. The van der Waals surface area contributed by atoms with E-state index >= 15 is 0 Å². The summed E-state index contributed by atoms with van der Waals surface area (Å²) in [5, 5.41) is 20.1. The van der Waals surface area contributed by atoms with E-state index in [9.17, 15) is 10.2 Å². The van der Waals surface area contributed by atoms with Crippen LogP contribution in [-0.4, -0.2) is 21.9 Å². The molecule has 2 N–H and O–H groups in total. The Kier molecular flexibility index (Phi) is 5.74. The molecule has 3 aliphatic rings. The first-order valence-electron chi connectivity index (χ1n) is 13.0. The summed E-state index contributed by atoms with van der Waals surface area (Å²) in [7, 11) is 0. The highest BCUT2D eigenvalue weighted by Gasteiger charge is 2.45. The smallest absolute Gasteiger partial charge is 0.0591 e. The second-order valence-electron chi connectivity index (χ2n) is 10.3. The van der Waals surface area contributed by atoms with Gasteiger partial charge in [-0.1, -0.05) is 61.7 Å². The van der Waals surface area contributed by atoms with Crippen LogP contribution in [0.25, 0.3) is 0 Å². The molecule has 4 atom stereocenters. The van der Waals surface area contributed by atoms with Crippen molar-refractivity contribution < 1.29 is 14.3 Å². The predicted octanol–water partition coefficient (Wildman–Crippen LogP) is 6.65. The van der Waals surface area contributed by atoms with Crippen molar-refractivity contribution in [3.63, 3.8) is 0 Å². The van der Waals surface area contributed by atoms with E-state index in [0.29, 0.717) is 6.42 Å². The molecule has 0 amide bonds. The predicted molar refractivity (Wildman–Crippen MR) is 123 cm³/mol. The molecule has 0 aliphatic heterocycles. The van der Waals surface area contributed by atoms with Gasteiger partial charge in [0.1, 0.15) is 0 Å². The lowest BCUT2D eigenvalue weighted by atomic mass is 9.62. The van der Waals surface area contributed by atoms with Crippen LogP contribution in [0.2, 0.25) is 0 Å². The molecule has 2 heteroatoms. The number of fused-ring (bicyclic) bond motifs is 1. The molecule has 2 saturated carbocycles. The highest BCUT2D eigenvalue weighted by molar-refractivity contribution is 5.38. The summed E-state index contributed by atoms with van der Waals surface area (Å²) in [6, 6.07) is 0. The maximum atomic E-state index is 10.1. The number of hydrogen-bond donors (Lipinski definition) is 2. The minimum Gasteiger partial charge on any atom is -0.393 e. The molecule has 0 saturated heterocycles. The number of rotatable bonds is 6. The number of aliphatic hydroxyl groups is 2. The van der Waals surface area contributed by atoms with E-state index in [1.165, 1.54) is 5.57 Å². The van der Waals surface area contributed by atoms with Gasteiger partial charge in [0.25, 0.3) is 0 Å². The third kappa shape index (κ3) is 5.33. The van der Waals surface area contributed by atoms with Gasteiger partial charge in [0.2, 0.25) is 0 Å². The average Bonchev–Trinajstić information content (AvgIpc) is 3.09. The second-order valence-corrected chi connectivity index (χ2v) is 10.3. The van der Waals surface area contributed by atoms with Gasteiger partial charge in [-0.05, 0) is 94.5 Å². The molecule has 0 heterocycles. The summed E-state index contributed by atoms with van der Waals surface area (Å²) in [4.78, 5) is 0. The van der Waals surface area contributed by atoms with Crippen LogP contribution in [0.5, 0.6) is 0 Å². The molecule has 162 valence electrons. The molecule has 2 fully saturated rings. The first kappa shape index (κ1) is 18.6. The fraction of sp³-hybridized carbons (Fsp3) is 0.704. The molecule has 0 aromatic heterocycles. The maximum absolute atomic E-state index is 10.1. The van der Waals surface area contributed by atoms with Crippen LogP contribution < -0.4 is 0 Å². The van der Waals surface area contributed by atoms with Gasteiger partial charge >= 0.3 is 0 Å². The van der Waals surface area contributed by atoms with Gasteiger partial charge < -0.3 is 10.2 Å². The van der Waals surface area contributed by atoms with E-state index in [1.54, 1.807) is 0 Å². The van der Waals surface area contributed by atoms with Crippen LogP contribution in [0.1, 0.15) is 95.9 Å². The molecule has 3 rings (SSSR count). The lowest BCUT2D eigenvalue weighted by Gasteiger charge is -2.42. The quantitative estimate of drug-likeness (QED) is 0.489. The van der Waals surface area contributed by atoms with Crippen molar-refractivity contribution in [1.29, 1.82) is 0 Å². The monoisotopic (exact) mass is 401 g/mol. The maximum Gasteiger partial charge on any atom is 0.0591 e. The molecular weight excluding hydrogens is 356 g/mol. The third-order valence-corrected chi connectivity index (χ3v) is 7.31. The molecule has 29 heavy (non-hydrogen) atoms. The van der Waals surface area contributed by atoms with Crippen molar-refractivity contribution in [3.8, 4) is 0 Å². The van der Waals surface area contributed by atoms with Gasteiger partial charge in [-0.3, -0.25) is 0 Å². The van der Waals surface area contributed by atoms with Crippen LogP contribution >= 0.6 is 0 Å². The zero-order chi connectivity index (χ0) is 23.7. The van der Waals surface area contributed by atoms with E-state index in [4.69, 9.17) is 4.11 Å². The topological polar surface area (TPSA) is 40.5 Å². The van der Waals surface area contributed by atoms with Crippen molar-refractivity contribution >= 4 is 0 Å². The Hall–Kier alpha value is -1.12. The van der Waals surface area contributed by atoms with Gasteiger partial charge in [-0.15, -0.1) is 0 Å². The Bertz CT molecular complexity index is 797. The molecule has 0 radical (unpaired) electrons. The van der Waals surface area contributed by atoms with Gasteiger partial charge in [0.15, 0.2) is 0 Å². The van der Waals surface area contributed by atoms with Crippen LogP contribution in [0.15, 0.2) is 47.1 Å². The molecule has 3 aliphatic carbocycles. The van der Waals surface area contributed by atoms with Crippen LogP contribution in [0, 0.1) is 17.3 Å².